The van der Waals surface area contributed by atoms with E-state index in [-0.39, 0.29) is 11.9 Å². The quantitative estimate of drug-likeness (QED) is 0.633. The molecule has 150 valence electrons. The minimum Gasteiger partial charge on any atom is -0.493 e. The smallest absolute Gasteiger partial charge is 0.251 e. The zero-order chi connectivity index (χ0) is 20.2. The number of anilines is 1. The van der Waals surface area contributed by atoms with E-state index >= 15 is 0 Å². The van der Waals surface area contributed by atoms with Crippen molar-refractivity contribution in [1.29, 1.82) is 0 Å². The lowest BCUT2D eigenvalue weighted by atomic mass is 10.1. The highest BCUT2D eigenvalue weighted by molar-refractivity contribution is 7.10. The van der Waals surface area contributed by atoms with Crippen molar-refractivity contribution < 1.29 is 14.3 Å². The third kappa shape index (κ3) is 3.93. The number of benzene rings is 2. The van der Waals surface area contributed by atoms with E-state index in [0.29, 0.717) is 23.6 Å². The molecule has 1 aromatic heterocycles. The number of hydrogen-bond acceptors (Lipinski definition) is 5. The molecule has 5 nitrogen and oxygen atoms in total. The Bertz CT molecular complexity index is 988. The summed E-state index contributed by atoms with van der Waals surface area (Å²) >= 11 is 1.72. The van der Waals surface area contributed by atoms with Crippen molar-refractivity contribution in [3.63, 3.8) is 0 Å². The van der Waals surface area contributed by atoms with Crippen molar-refractivity contribution in [3.8, 4) is 11.5 Å². The van der Waals surface area contributed by atoms with Crippen LogP contribution in [0.1, 0.15) is 26.8 Å². The minimum atomic E-state index is -0.125. The zero-order valence-corrected chi connectivity index (χ0v) is 17.4. The van der Waals surface area contributed by atoms with E-state index in [4.69, 9.17) is 9.47 Å². The van der Waals surface area contributed by atoms with E-state index in [9.17, 15) is 4.79 Å². The molecule has 0 unspecified atom stereocenters. The Hall–Kier alpha value is -2.99. The first kappa shape index (κ1) is 19.3. The summed E-state index contributed by atoms with van der Waals surface area (Å²) in [7, 11) is 3.15. The third-order valence-corrected chi connectivity index (χ3v) is 6.25. The number of ether oxygens (including phenoxy) is 2. The van der Waals surface area contributed by atoms with Crippen molar-refractivity contribution in [2.45, 2.75) is 12.5 Å². The van der Waals surface area contributed by atoms with Gasteiger partial charge in [0, 0.05) is 29.2 Å². The van der Waals surface area contributed by atoms with Crippen LogP contribution >= 0.6 is 11.3 Å². The second-order valence-corrected chi connectivity index (χ2v) is 7.86. The largest absolute Gasteiger partial charge is 0.493 e. The van der Waals surface area contributed by atoms with Gasteiger partial charge in [-0.25, -0.2) is 0 Å². The second-order valence-electron chi connectivity index (χ2n) is 6.88. The van der Waals surface area contributed by atoms with E-state index in [1.165, 1.54) is 16.1 Å². The minimum absolute atomic E-state index is 0.0998. The van der Waals surface area contributed by atoms with Gasteiger partial charge in [-0.1, -0.05) is 24.3 Å². The monoisotopic (exact) mass is 408 g/mol. The first-order valence-electron chi connectivity index (χ1n) is 9.59. The van der Waals surface area contributed by atoms with Crippen LogP contribution in [0.4, 0.5) is 5.69 Å². The molecule has 1 aliphatic heterocycles. The number of amides is 1. The number of hydrogen-bond donors (Lipinski definition) is 1. The number of para-hydroxylation sites is 1. The van der Waals surface area contributed by atoms with Crippen molar-refractivity contribution in [3.05, 3.63) is 76.0 Å². The fourth-order valence-corrected chi connectivity index (χ4v) is 4.64. The number of methoxy groups -OCH3 is 2. The molecule has 2 heterocycles. The van der Waals surface area contributed by atoms with Gasteiger partial charge in [0.1, 0.15) is 0 Å². The van der Waals surface area contributed by atoms with Crippen LogP contribution in [0.2, 0.25) is 0 Å². The summed E-state index contributed by atoms with van der Waals surface area (Å²) < 4.78 is 10.6. The molecule has 0 fully saturated rings. The van der Waals surface area contributed by atoms with E-state index in [2.05, 4.69) is 52.0 Å². The number of nitrogens with one attached hydrogen (secondary N) is 1. The molecular formula is C23H24N2O3S. The summed E-state index contributed by atoms with van der Waals surface area (Å²) in [4.78, 5) is 16.5. The molecule has 0 saturated carbocycles. The van der Waals surface area contributed by atoms with E-state index < -0.39 is 0 Å². The molecule has 1 aliphatic rings. The Balaban J connectivity index is 1.53. The summed E-state index contributed by atoms with van der Waals surface area (Å²) in [6, 6.07) is 18.0. The standard InChI is InChI=1S/C23H24N2O3S/c1-27-20-10-9-17(14-21(20)28-2)23(26)24-15-19(22-8-5-13-29-22)25-12-11-16-6-3-4-7-18(16)25/h3-10,13-14,19H,11-12,15H2,1-2H3,(H,24,26)/t19-/m1/s1. The summed E-state index contributed by atoms with van der Waals surface area (Å²) in [6.07, 6.45) is 1.03. The number of thiophene rings is 1. The molecule has 3 aromatic rings. The molecule has 2 aromatic carbocycles. The fourth-order valence-electron chi connectivity index (χ4n) is 3.80. The van der Waals surface area contributed by atoms with Crippen LogP contribution in [-0.4, -0.2) is 33.2 Å². The molecule has 4 rings (SSSR count). The van der Waals surface area contributed by atoms with Gasteiger partial charge < -0.3 is 19.7 Å². The molecule has 1 amide bonds. The summed E-state index contributed by atoms with van der Waals surface area (Å²) in [5.41, 5.74) is 3.17. The predicted octanol–water partition coefficient (Wildman–Crippen LogP) is 4.30. The molecule has 0 saturated heterocycles. The van der Waals surface area contributed by atoms with Crippen LogP contribution in [-0.2, 0) is 6.42 Å². The number of fused-ring (bicyclic) bond motifs is 1. The second kappa shape index (κ2) is 8.57. The van der Waals surface area contributed by atoms with E-state index in [1.54, 1.807) is 43.8 Å². The van der Waals surface area contributed by atoms with Crippen LogP contribution in [0.5, 0.6) is 11.5 Å². The average molecular weight is 409 g/mol. The topological polar surface area (TPSA) is 50.8 Å². The highest BCUT2D eigenvalue weighted by atomic mass is 32.1. The molecule has 6 heteroatoms. The fraction of sp³-hybridized carbons (Fsp3) is 0.261. The van der Waals surface area contributed by atoms with Gasteiger partial charge in [0.05, 0.1) is 20.3 Å². The Morgan fingerprint density at radius 2 is 1.93 bits per heavy atom. The molecule has 0 aliphatic carbocycles. The molecule has 29 heavy (non-hydrogen) atoms. The van der Waals surface area contributed by atoms with Crippen LogP contribution < -0.4 is 19.7 Å². The Kier molecular flexibility index (Phi) is 5.71. The van der Waals surface area contributed by atoms with Crippen molar-refractivity contribution in [2.75, 3.05) is 32.2 Å². The maximum Gasteiger partial charge on any atom is 0.251 e. The number of nitrogens with zero attached hydrogens (tertiary/aromatic N) is 1. The zero-order valence-electron chi connectivity index (χ0n) is 16.6. The van der Waals surface area contributed by atoms with Crippen LogP contribution in [0.3, 0.4) is 0 Å². The van der Waals surface area contributed by atoms with E-state index in [0.717, 1.165) is 13.0 Å². The van der Waals surface area contributed by atoms with Gasteiger partial charge in [-0.2, -0.15) is 0 Å². The lowest BCUT2D eigenvalue weighted by Gasteiger charge is -2.30. The molecule has 0 bridgehead atoms. The third-order valence-electron chi connectivity index (χ3n) is 5.27. The van der Waals surface area contributed by atoms with Crippen LogP contribution in [0.25, 0.3) is 0 Å². The lowest BCUT2D eigenvalue weighted by Crippen LogP contribution is -2.37. The molecule has 1 atom stereocenters. The van der Waals surface area contributed by atoms with Crippen molar-refractivity contribution >= 4 is 22.9 Å². The van der Waals surface area contributed by atoms with Gasteiger partial charge in [0.25, 0.3) is 5.91 Å². The molecule has 1 N–H and O–H groups in total. The highest BCUT2D eigenvalue weighted by Gasteiger charge is 2.28. The van der Waals surface area contributed by atoms with Crippen LogP contribution in [0, 0.1) is 0 Å². The number of rotatable bonds is 7. The van der Waals surface area contributed by atoms with Gasteiger partial charge in [-0.15, -0.1) is 11.3 Å². The Morgan fingerprint density at radius 3 is 2.69 bits per heavy atom. The van der Waals surface area contributed by atoms with Crippen molar-refractivity contribution in [2.24, 2.45) is 0 Å². The number of carbonyl (C=O) groups is 1. The average Bonchev–Trinajstić information content (AvgIpc) is 3.44. The predicted molar refractivity (Wildman–Crippen MR) is 116 cm³/mol. The van der Waals surface area contributed by atoms with Gasteiger partial charge >= 0.3 is 0 Å². The lowest BCUT2D eigenvalue weighted by molar-refractivity contribution is 0.0950. The highest BCUT2D eigenvalue weighted by Crippen LogP contribution is 2.36. The maximum atomic E-state index is 12.8. The molecular weight excluding hydrogens is 384 g/mol. The Morgan fingerprint density at radius 1 is 1.10 bits per heavy atom. The first-order valence-corrected chi connectivity index (χ1v) is 10.5. The number of carbonyl (C=O) groups excluding carboxylic acids is 1. The summed E-state index contributed by atoms with van der Waals surface area (Å²) in [5.74, 6) is 1.03. The molecule has 0 radical (unpaired) electrons. The van der Waals surface area contributed by atoms with Gasteiger partial charge in [0.2, 0.25) is 0 Å². The molecule has 0 spiro atoms. The normalized spacial score (nSPS) is 13.7. The maximum absolute atomic E-state index is 12.8. The van der Waals surface area contributed by atoms with Crippen LogP contribution in [0.15, 0.2) is 60.0 Å². The summed E-state index contributed by atoms with van der Waals surface area (Å²) in [5, 5.41) is 5.20. The van der Waals surface area contributed by atoms with Crippen molar-refractivity contribution in [1.82, 2.24) is 5.32 Å². The van der Waals surface area contributed by atoms with Gasteiger partial charge in [0.15, 0.2) is 11.5 Å². The van der Waals surface area contributed by atoms with Gasteiger partial charge in [-0.05, 0) is 47.7 Å². The summed E-state index contributed by atoms with van der Waals surface area (Å²) in [6.45, 7) is 1.48. The SMILES string of the molecule is COc1ccc(C(=O)NC[C@H](c2cccs2)N2CCc3ccccc32)cc1OC. The first-order chi connectivity index (χ1) is 14.2. The van der Waals surface area contributed by atoms with E-state index in [1.807, 2.05) is 0 Å². The van der Waals surface area contributed by atoms with Gasteiger partial charge in [-0.3, -0.25) is 4.79 Å². The Labute approximate surface area is 174 Å².